The SMILES string of the molecule is Fc1ccc([C@H]2CC[C@@H](CBr)OC2)cc1. The van der Waals surface area contributed by atoms with Crippen molar-refractivity contribution in [1.29, 1.82) is 0 Å². The smallest absolute Gasteiger partial charge is 0.123 e. The van der Waals surface area contributed by atoms with Crippen molar-refractivity contribution in [2.45, 2.75) is 24.9 Å². The molecule has 0 bridgehead atoms. The average molecular weight is 273 g/mol. The maximum Gasteiger partial charge on any atom is 0.123 e. The van der Waals surface area contributed by atoms with Gasteiger partial charge in [0.15, 0.2) is 0 Å². The Morgan fingerprint density at radius 3 is 2.53 bits per heavy atom. The number of hydrogen-bond donors (Lipinski definition) is 0. The molecule has 0 saturated carbocycles. The van der Waals surface area contributed by atoms with Crippen LogP contribution >= 0.6 is 15.9 Å². The van der Waals surface area contributed by atoms with Crippen LogP contribution in [0.1, 0.15) is 24.3 Å². The minimum atomic E-state index is -0.172. The van der Waals surface area contributed by atoms with Gasteiger partial charge in [0.1, 0.15) is 5.82 Å². The first kappa shape index (κ1) is 11.1. The second kappa shape index (κ2) is 5.08. The molecule has 0 radical (unpaired) electrons. The summed E-state index contributed by atoms with van der Waals surface area (Å²) in [5.74, 6) is 0.259. The third kappa shape index (κ3) is 2.79. The van der Waals surface area contributed by atoms with Crippen LogP contribution in [-0.2, 0) is 4.74 Å². The van der Waals surface area contributed by atoms with Gasteiger partial charge in [-0.15, -0.1) is 0 Å². The molecule has 1 fully saturated rings. The molecule has 15 heavy (non-hydrogen) atoms. The highest BCUT2D eigenvalue weighted by molar-refractivity contribution is 9.09. The van der Waals surface area contributed by atoms with E-state index in [4.69, 9.17) is 4.74 Å². The van der Waals surface area contributed by atoms with Crippen molar-refractivity contribution in [3.05, 3.63) is 35.6 Å². The van der Waals surface area contributed by atoms with E-state index in [1.807, 2.05) is 12.1 Å². The standard InChI is InChI=1S/C12H14BrFO/c13-7-12-6-3-10(8-15-12)9-1-4-11(14)5-2-9/h1-2,4-5,10,12H,3,6-8H2/t10-,12-/m0/s1. The second-order valence-electron chi connectivity index (χ2n) is 3.94. The fraction of sp³-hybridized carbons (Fsp3) is 0.500. The first-order valence-electron chi connectivity index (χ1n) is 5.22. The lowest BCUT2D eigenvalue weighted by molar-refractivity contribution is 0.0191. The summed E-state index contributed by atoms with van der Waals surface area (Å²) in [6, 6.07) is 6.76. The lowest BCUT2D eigenvalue weighted by atomic mass is 9.92. The highest BCUT2D eigenvalue weighted by Crippen LogP contribution is 2.28. The molecule has 2 atom stereocenters. The maximum atomic E-state index is 12.7. The zero-order valence-corrected chi connectivity index (χ0v) is 10.0. The molecule has 82 valence electrons. The monoisotopic (exact) mass is 272 g/mol. The molecular formula is C12H14BrFO. The summed E-state index contributed by atoms with van der Waals surface area (Å²) >= 11 is 3.42. The van der Waals surface area contributed by atoms with E-state index in [9.17, 15) is 4.39 Å². The molecule has 3 heteroatoms. The number of rotatable bonds is 2. The number of hydrogen-bond acceptors (Lipinski definition) is 1. The zero-order valence-electron chi connectivity index (χ0n) is 8.46. The Kier molecular flexibility index (Phi) is 3.76. The van der Waals surface area contributed by atoms with Crippen LogP contribution in [-0.4, -0.2) is 18.0 Å². The molecule has 1 saturated heterocycles. The van der Waals surface area contributed by atoms with Gasteiger partial charge in [0.2, 0.25) is 0 Å². The first-order chi connectivity index (χ1) is 7.29. The van der Waals surface area contributed by atoms with E-state index in [1.54, 1.807) is 0 Å². The Labute approximate surface area is 97.8 Å². The van der Waals surface area contributed by atoms with Crippen LogP contribution in [0.5, 0.6) is 0 Å². The van der Waals surface area contributed by atoms with Gasteiger partial charge in [-0.2, -0.15) is 0 Å². The molecule has 1 heterocycles. The van der Waals surface area contributed by atoms with Crippen molar-refractivity contribution in [3.8, 4) is 0 Å². The van der Waals surface area contributed by atoms with Crippen molar-refractivity contribution in [2.75, 3.05) is 11.9 Å². The van der Waals surface area contributed by atoms with Gasteiger partial charge in [-0.25, -0.2) is 4.39 Å². The first-order valence-corrected chi connectivity index (χ1v) is 6.35. The topological polar surface area (TPSA) is 9.23 Å². The van der Waals surface area contributed by atoms with E-state index in [1.165, 1.54) is 17.7 Å². The van der Waals surface area contributed by atoms with Crippen LogP contribution in [0.25, 0.3) is 0 Å². The van der Waals surface area contributed by atoms with Gasteiger partial charge in [-0.05, 0) is 30.5 Å². The summed E-state index contributed by atoms with van der Waals surface area (Å²) in [5.41, 5.74) is 1.18. The zero-order chi connectivity index (χ0) is 10.7. The third-order valence-electron chi connectivity index (χ3n) is 2.88. The highest BCUT2D eigenvalue weighted by atomic mass is 79.9. The van der Waals surface area contributed by atoms with Crippen LogP contribution in [0.4, 0.5) is 4.39 Å². The van der Waals surface area contributed by atoms with E-state index >= 15 is 0 Å². The Morgan fingerprint density at radius 1 is 1.27 bits per heavy atom. The van der Waals surface area contributed by atoms with E-state index in [2.05, 4.69) is 15.9 Å². The van der Waals surface area contributed by atoms with Gasteiger partial charge in [-0.1, -0.05) is 28.1 Å². The molecule has 1 aliphatic heterocycles. The fourth-order valence-electron chi connectivity index (χ4n) is 1.93. The molecule has 0 amide bonds. The Bertz CT molecular complexity index is 304. The molecule has 0 spiro atoms. The Balaban J connectivity index is 1.98. The third-order valence-corrected chi connectivity index (χ3v) is 3.61. The van der Waals surface area contributed by atoms with Gasteiger partial charge in [0.25, 0.3) is 0 Å². The van der Waals surface area contributed by atoms with Crippen LogP contribution in [0.15, 0.2) is 24.3 Å². The lowest BCUT2D eigenvalue weighted by Gasteiger charge is -2.28. The molecule has 0 N–H and O–H groups in total. The minimum absolute atomic E-state index is 0.172. The number of halogens is 2. The quantitative estimate of drug-likeness (QED) is 0.749. The molecule has 1 aromatic carbocycles. The normalized spacial score (nSPS) is 26.5. The van der Waals surface area contributed by atoms with E-state index in [0.29, 0.717) is 12.0 Å². The average Bonchev–Trinajstić information content (AvgIpc) is 2.30. The van der Waals surface area contributed by atoms with Crippen LogP contribution in [0, 0.1) is 5.82 Å². The van der Waals surface area contributed by atoms with Crippen LogP contribution in [0.3, 0.4) is 0 Å². The highest BCUT2D eigenvalue weighted by Gasteiger charge is 2.21. The fourth-order valence-corrected chi connectivity index (χ4v) is 2.44. The van der Waals surface area contributed by atoms with Gasteiger partial charge in [0.05, 0.1) is 12.7 Å². The lowest BCUT2D eigenvalue weighted by Crippen LogP contribution is -2.25. The molecule has 0 unspecified atom stereocenters. The van der Waals surface area contributed by atoms with Gasteiger partial charge in [-0.3, -0.25) is 0 Å². The molecular weight excluding hydrogens is 259 g/mol. The van der Waals surface area contributed by atoms with Crippen LogP contribution < -0.4 is 0 Å². The van der Waals surface area contributed by atoms with Gasteiger partial charge in [0, 0.05) is 11.2 Å². The Hall–Kier alpha value is -0.410. The van der Waals surface area contributed by atoms with E-state index in [-0.39, 0.29) is 5.82 Å². The number of benzene rings is 1. The van der Waals surface area contributed by atoms with Crippen molar-refractivity contribution in [3.63, 3.8) is 0 Å². The minimum Gasteiger partial charge on any atom is -0.377 e. The van der Waals surface area contributed by atoms with Crippen LogP contribution in [0.2, 0.25) is 0 Å². The van der Waals surface area contributed by atoms with Crippen molar-refractivity contribution < 1.29 is 9.13 Å². The maximum absolute atomic E-state index is 12.7. The van der Waals surface area contributed by atoms with Crippen molar-refractivity contribution in [1.82, 2.24) is 0 Å². The summed E-state index contributed by atoms with van der Waals surface area (Å²) < 4.78 is 18.4. The molecule has 1 aliphatic rings. The summed E-state index contributed by atoms with van der Waals surface area (Å²) in [6.07, 6.45) is 2.55. The molecule has 1 aromatic rings. The summed E-state index contributed by atoms with van der Waals surface area (Å²) in [7, 11) is 0. The van der Waals surface area contributed by atoms with Crippen molar-refractivity contribution in [2.24, 2.45) is 0 Å². The number of alkyl halides is 1. The van der Waals surface area contributed by atoms with Crippen molar-refractivity contribution >= 4 is 15.9 Å². The number of ether oxygens (including phenoxy) is 1. The molecule has 1 nitrogen and oxygen atoms in total. The molecule has 2 rings (SSSR count). The largest absolute Gasteiger partial charge is 0.377 e. The summed E-state index contributed by atoms with van der Waals surface area (Å²) in [5, 5.41) is 0.906. The summed E-state index contributed by atoms with van der Waals surface area (Å²) in [4.78, 5) is 0. The van der Waals surface area contributed by atoms with Gasteiger partial charge < -0.3 is 4.74 Å². The summed E-state index contributed by atoms with van der Waals surface area (Å²) in [6.45, 7) is 0.752. The molecule has 0 aliphatic carbocycles. The Morgan fingerprint density at radius 2 is 2.00 bits per heavy atom. The predicted octanol–water partition coefficient (Wildman–Crippen LogP) is 3.48. The van der Waals surface area contributed by atoms with E-state index < -0.39 is 0 Å². The second-order valence-corrected chi connectivity index (χ2v) is 4.58. The van der Waals surface area contributed by atoms with Gasteiger partial charge >= 0.3 is 0 Å². The predicted molar refractivity (Wildman–Crippen MR) is 61.9 cm³/mol. The molecule has 0 aromatic heterocycles. The van der Waals surface area contributed by atoms with E-state index in [0.717, 1.165) is 24.8 Å².